The molecule has 4 rings (SSSR count). The summed E-state index contributed by atoms with van der Waals surface area (Å²) in [5.74, 6) is -0.660. The van der Waals surface area contributed by atoms with E-state index in [9.17, 15) is 9.59 Å². The lowest BCUT2D eigenvalue weighted by atomic mass is 10.2. The van der Waals surface area contributed by atoms with E-state index in [1.54, 1.807) is 18.2 Å². The number of benzene rings is 1. The zero-order valence-corrected chi connectivity index (χ0v) is 15.1. The fourth-order valence-corrected chi connectivity index (χ4v) is 3.43. The number of amides is 2. The predicted octanol–water partition coefficient (Wildman–Crippen LogP) is 1.33. The van der Waals surface area contributed by atoms with E-state index in [2.05, 4.69) is 20.6 Å². The van der Waals surface area contributed by atoms with Crippen LogP contribution in [0.5, 0.6) is 0 Å². The number of rotatable bonds is 5. The molecule has 0 unspecified atom stereocenters. The Morgan fingerprint density at radius 3 is 2.67 bits per heavy atom. The van der Waals surface area contributed by atoms with Gasteiger partial charge in [-0.25, -0.2) is 9.97 Å². The van der Waals surface area contributed by atoms with Crippen LogP contribution in [0.3, 0.4) is 0 Å². The molecule has 3 heterocycles. The van der Waals surface area contributed by atoms with Gasteiger partial charge in [-0.3, -0.25) is 9.59 Å². The maximum atomic E-state index is 12.4. The number of carbonyl (C=O) groups excluding carboxylic acids is 2. The largest absolute Gasteiger partial charge is 0.377 e. The van der Waals surface area contributed by atoms with E-state index in [0.717, 1.165) is 15.8 Å². The van der Waals surface area contributed by atoms with Gasteiger partial charge >= 0.3 is 0 Å². The molecule has 0 aliphatic carbocycles. The van der Waals surface area contributed by atoms with Crippen LogP contribution in [0.15, 0.2) is 36.4 Å². The minimum absolute atomic E-state index is 0.00692. The van der Waals surface area contributed by atoms with Crippen LogP contribution in [0.4, 0.5) is 5.13 Å². The van der Waals surface area contributed by atoms with Crippen LogP contribution in [-0.4, -0.2) is 41.0 Å². The number of anilines is 1. The van der Waals surface area contributed by atoms with Gasteiger partial charge in [0.2, 0.25) is 0 Å². The van der Waals surface area contributed by atoms with Gasteiger partial charge in [-0.1, -0.05) is 23.5 Å². The van der Waals surface area contributed by atoms with Crippen molar-refractivity contribution in [2.45, 2.75) is 12.6 Å². The van der Waals surface area contributed by atoms with Gasteiger partial charge in [0.15, 0.2) is 5.13 Å². The molecule has 138 valence electrons. The number of pyridine rings is 1. The quantitative estimate of drug-likeness (QED) is 0.612. The highest BCUT2D eigenvalue weighted by Gasteiger charge is 2.22. The second kappa shape index (κ2) is 7.29. The Labute approximate surface area is 158 Å². The van der Waals surface area contributed by atoms with E-state index >= 15 is 0 Å². The summed E-state index contributed by atoms with van der Waals surface area (Å²) in [5.41, 5.74) is 7.87. The summed E-state index contributed by atoms with van der Waals surface area (Å²) in [5, 5.41) is 6.13. The molecule has 9 heteroatoms. The molecule has 0 radical (unpaired) electrons. The van der Waals surface area contributed by atoms with Crippen molar-refractivity contribution in [2.75, 3.05) is 18.9 Å². The zero-order valence-electron chi connectivity index (χ0n) is 14.3. The first-order valence-corrected chi connectivity index (χ1v) is 9.19. The first-order valence-electron chi connectivity index (χ1n) is 8.37. The van der Waals surface area contributed by atoms with Crippen molar-refractivity contribution < 1.29 is 14.3 Å². The van der Waals surface area contributed by atoms with Crippen LogP contribution >= 0.6 is 11.3 Å². The van der Waals surface area contributed by atoms with E-state index in [-0.39, 0.29) is 29.2 Å². The molecular formula is C18H17N5O3S. The lowest BCUT2D eigenvalue weighted by molar-refractivity contribution is -0.00355. The van der Waals surface area contributed by atoms with Crippen LogP contribution in [0.2, 0.25) is 0 Å². The number of hydrogen-bond acceptors (Lipinski definition) is 7. The molecule has 1 aromatic carbocycles. The molecule has 0 bridgehead atoms. The third-order valence-corrected chi connectivity index (χ3v) is 4.96. The maximum Gasteiger partial charge on any atom is 0.270 e. The third kappa shape index (κ3) is 3.88. The van der Waals surface area contributed by atoms with Crippen molar-refractivity contribution in [1.29, 1.82) is 0 Å². The highest BCUT2D eigenvalue weighted by Crippen LogP contribution is 2.24. The minimum atomic E-state index is -0.347. The van der Waals surface area contributed by atoms with E-state index in [1.807, 2.05) is 18.2 Å². The van der Waals surface area contributed by atoms with Crippen LogP contribution in [-0.2, 0) is 11.3 Å². The van der Waals surface area contributed by atoms with Gasteiger partial charge < -0.3 is 21.1 Å². The fourth-order valence-electron chi connectivity index (χ4n) is 2.64. The van der Waals surface area contributed by atoms with E-state index < -0.39 is 0 Å². The number of ether oxygens (including phenoxy) is 1. The molecule has 4 N–H and O–H groups in total. The molecule has 27 heavy (non-hydrogen) atoms. The molecule has 1 fully saturated rings. The molecule has 2 aromatic heterocycles. The van der Waals surface area contributed by atoms with Crippen LogP contribution < -0.4 is 16.4 Å². The number of fused-ring (bicyclic) bond motifs is 1. The molecule has 0 spiro atoms. The van der Waals surface area contributed by atoms with E-state index in [1.165, 1.54) is 11.3 Å². The van der Waals surface area contributed by atoms with E-state index in [4.69, 9.17) is 10.5 Å². The number of nitrogen functional groups attached to an aromatic ring is 1. The van der Waals surface area contributed by atoms with Crippen molar-refractivity contribution in [3.8, 4) is 0 Å². The monoisotopic (exact) mass is 383 g/mol. The Bertz CT molecular complexity index is 1020. The average molecular weight is 383 g/mol. The molecule has 8 nitrogen and oxygen atoms in total. The summed E-state index contributed by atoms with van der Waals surface area (Å²) in [4.78, 5) is 32.9. The van der Waals surface area contributed by atoms with Gasteiger partial charge in [-0.2, -0.15) is 0 Å². The second-order valence-electron chi connectivity index (χ2n) is 6.15. The number of aromatic nitrogens is 2. The normalized spacial score (nSPS) is 13.9. The Balaban J connectivity index is 1.41. The molecule has 0 atom stereocenters. The smallest absolute Gasteiger partial charge is 0.270 e. The Hall–Kier alpha value is -3.04. The van der Waals surface area contributed by atoms with Gasteiger partial charge in [0, 0.05) is 6.54 Å². The first-order chi connectivity index (χ1) is 13.1. The van der Waals surface area contributed by atoms with Crippen molar-refractivity contribution in [3.05, 3.63) is 53.3 Å². The van der Waals surface area contributed by atoms with Crippen LogP contribution in [0.1, 0.15) is 26.5 Å². The van der Waals surface area contributed by atoms with Crippen molar-refractivity contribution in [3.63, 3.8) is 0 Å². The first kappa shape index (κ1) is 17.4. The molecule has 1 saturated heterocycles. The van der Waals surface area contributed by atoms with Crippen molar-refractivity contribution >= 4 is 38.5 Å². The van der Waals surface area contributed by atoms with Gasteiger partial charge in [-0.15, -0.1) is 0 Å². The molecule has 1 aliphatic rings. The van der Waals surface area contributed by atoms with Crippen molar-refractivity contribution in [2.24, 2.45) is 0 Å². The molecule has 1 aliphatic heterocycles. The number of nitrogens with two attached hydrogens (primary N) is 1. The summed E-state index contributed by atoms with van der Waals surface area (Å²) < 4.78 is 5.99. The molecule has 3 aromatic rings. The summed E-state index contributed by atoms with van der Waals surface area (Å²) in [6, 6.07) is 10.5. The molecular weight excluding hydrogens is 366 g/mol. The number of nitrogens with one attached hydrogen (secondary N) is 2. The summed E-state index contributed by atoms with van der Waals surface area (Å²) in [6.07, 6.45) is 0. The third-order valence-electron chi connectivity index (χ3n) is 4.11. The molecule has 0 saturated carbocycles. The van der Waals surface area contributed by atoms with E-state index in [0.29, 0.717) is 24.9 Å². The van der Waals surface area contributed by atoms with Gasteiger partial charge in [0.25, 0.3) is 11.8 Å². The van der Waals surface area contributed by atoms with Crippen LogP contribution in [0, 0.1) is 0 Å². The van der Waals surface area contributed by atoms with Gasteiger partial charge in [-0.05, 0) is 29.8 Å². The highest BCUT2D eigenvalue weighted by molar-refractivity contribution is 7.22. The average Bonchev–Trinajstić information content (AvgIpc) is 3.01. The lowest BCUT2D eigenvalue weighted by Crippen LogP contribution is -2.48. The zero-order chi connectivity index (χ0) is 18.8. The second-order valence-corrected chi connectivity index (χ2v) is 7.21. The predicted molar refractivity (Wildman–Crippen MR) is 102 cm³/mol. The van der Waals surface area contributed by atoms with Crippen molar-refractivity contribution in [1.82, 2.24) is 20.6 Å². The lowest BCUT2D eigenvalue weighted by Gasteiger charge is -2.26. The van der Waals surface area contributed by atoms with Gasteiger partial charge in [0.1, 0.15) is 11.4 Å². The fraction of sp³-hybridized carbons (Fsp3) is 0.222. The molecule has 2 amide bonds. The Morgan fingerprint density at radius 1 is 1.15 bits per heavy atom. The number of carbonyl (C=O) groups is 2. The number of thiazole rings is 1. The van der Waals surface area contributed by atoms with Gasteiger partial charge in [0.05, 0.1) is 29.5 Å². The van der Waals surface area contributed by atoms with Crippen LogP contribution in [0.25, 0.3) is 10.2 Å². The topological polar surface area (TPSA) is 119 Å². The standard InChI is InChI=1S/C18H17N5O3S/c19-18-23-12-5-4-10(6-15(12)27-18)7-20-16(24)13-2-1-3-14(22-13)17(25)21-11-8-26-9-11/h1-6,11H,7-9H2,(H2,19,23)(H,20,24)(H,21,25). The maximum absolute atomic E-state index is 12.4. The number of nitrogens with zero attached hydrogens (tertiary/aromatic N) is 2. The summed E-state index contributed by atoms with van der Waals surface area (Å²) in [6.45, 7) is 1.34. The Morgan fingerprint density at radius 2 is 1.93 bits per heavy atom. The highest BCUT2D eigenvalue weighted by atomic mass is 32.1. The Kier molecular flexibility index (Phi) is 4.69. The summed E-state index contributed by atoms with van der Waals surface area (Å²) >= 11 is 1.40. The number of hydrogen-bond donors (Lipinski definition) is 3. The minimum Gasteiger partial charge on any atom is -0.377 e. The SMILES string of the molecule is Nc1nc2ccc(CNC(=O)c3cccc(C(=O)NC4COC4)n3)cc2s1. The summed E-state index contributed by atoms with van der Waals surface area (Å²) in [7, 11) is 0.